The first-order valence-electron chi connectivity index (χ1n) is 7.04. The van der Waals surface area contributed by atoms with Crippen LogP contribution in [0.4, 0.5) is 11.4 Å². The Labute approximate surface area is 131 Å². The number of nitrogens with one attached hydrogen (secondary N) is 1. The Morgan fingerprint density at radius 1 is 1.10 bits per heavy atom. The minimum Gasteiger partial charge on any atom is -0.489 e. The lowest BCUT2D eigenvalue weighted by Gasteiger charge is -2.18. The van der Waals surface area contributed by atoms with Gasteiger partial charge in [-0.05, 0) is 50.6 Å². The van der Waals surface area contributed by atoms with E-state index in [2.05, 4.69) is 12.2 Å². The first kappa shape index (κ1) is 15.5. The summed E-state index contributed by atoms with van der Waals surface area (Å²) in [5, 5.41) is 4.17. The van der Waals surface area contributed by atoms with Crippen molar-refractivity contribution in [3.63, 3.8) is 0 Å². The molecule has 0 saturated carbocycles. The predicted molar refractivity (Wildman–Crippen MR) is 90.1 cm³/mol. The Balaban J connectivity index is 2.15. The minimum atomic E-state index is 0.0907. The van der Waals surface area contributed by atoms with Gasteiger partial charge in [0.25, 0.3) is 0 Å². The second kappa shape index (κ2) is 6.72. The predicted octanol–water partition coefficient (Wildman–Crippen LogP) is 4.88. The van der Waals surface area contributed by atoms with E-state index >= 15 is 0 Å². The van der Waals surface area contributed by atoms with Gasteiger partial charge in [-0.2, -0.15) is 0 Å². The molecular weight excluding hydrogens is 284 g/mol. The molecule has 2 rings (SSSR count). The zero-order chi connectivity index (χ0) is 15.4. The fourth-order valence-electron chi connectivity index (χ4n) is 2.09. The number of nitrogen functional groups attached to an aromatic ring is 1. The van der Waals surface area contributed by atoms with E-state index in [1.807, 2.05) is 56.3 Å². The lowest BCUT2D eigenvalue weighted by atomic mass is 10.1. The van der Waals surface area contributed by atoms with E-state index in [9.17, 15) is 0 Å². The smallest absolute Gasteiger partial charge is 0.144 e. The molecule has 0 saturated heterocycles. The van der Waals surface area contributed by atoms with E-state index in [1.165, 1.54) is 0 Å². The summed E-state index contributed by atoms with van der Waals surface area (Å²) in [5.41, 5.74) is 8.67. The van der Waals surface area contributed by atoms with E-state index in [4.69, 9.17) is 22.1 Å². The maximum Gasteiger partial charge on any atom is 0.144 e. The van der Waals surface area contributed by atoms with Crippen LogP contribution in [0.25, 0.3) is 0 Å². The number of hydrogen-bond acceptors (Lipinski definition) is 3. The number of nitrogens with two attached hydrogens (primary N) is 1. The molecule has 0 heterocycles. The van der Waals surface area contributed by atoms with E-state index in [1.54, 1.807) is 0 Å². The largest absolute Gasteiger partial charge is 0.489 e. The van der Waals surface area contributed by atoms with Crippen molar-refractivity contribution in [2.24, 2.45) is 0 Å². The van der Waals surface area contributed by atoms with Crippen LogP contribution >= 0.6 is 11.6 Å². The summed E-state index contributed by atoms with van der Waals surface area (Å²) in [4.78, 5) is 0. The molecule has 0 amide bonds. The fourth-order valence-corrected chi connectivity index (χ4v) is 2.29. The zero-order valence-corrected chi connectivity index (χ0v) is 13.3. The standard InChI is InChI=1S/C17H21ClN2O/c1-11(2)21-17-10-15(7-8-16(17)19)20-12(3)13-5-4-6-14(18)9-13/h4-12,20H,19H2,1-3H3. The third-order valence-corrected chi connectivity index (χ3v) is 3.34. The SMILES string of the molecule is CC(C)Oc1cc(NC(C)c2cccc(Cl)c2)ccc1N. The van der Waals surface area contributed by atoms with E-state index < -0.39 is 0 Å². The Morgan fingerprint density at radius 2 is 1.86 bits per heavy atom. The maximum atomic E-state index is 6.03. The van der Waals surface area contributed by atoms with Crippen LogP contribution in [0.5, 0.6) is 5.75 Å². The first-order valence-corrected chi connectivity index (χ1v) is 7.41. The van der Waals surface area contributed by atoms with Gasteiger partial charge in [0.15, 0.2) is 0 Å². The topological polar surface area (TPSA) is 47.3 Å². The van der Waals surface area contributed by atoms with Gasteiger partial charge in [0.2, 0.25) is 0 Å². The van der Waals surface area contributed by atoms with Crippen LogP contribution in [0.1, 0.15) is 32.4 Å². The number of anilines is 2. The molecule has 0 aromatic heterocycles. The average Bonchev–Trinajstić information content (AvgIpc) is 2.42. The molecule has 0 radical (unpaired) electrons. The first-order chi connectivity index (χ1) is 9.95. The lowest BCUT2D eigenvalue weighted by Crippen LogP contribution is -2.09. The number of rotatable bonds is 5. The van der Waals surface area contributed by atoms with Gasteiger partial charge in [-0.1, -0.05) is 23.7 Å². The monoisotopic (exact) mass is 304 g/mol. The third kappa shape index (κ3) is 4.30. The number of hydrogen-bond donors (Lipinski definition) is 2. The van der Waals surface area contributed by atoms with Gasteiger partial charge in [0, 0.05) is 22.8 Å². The molecular formula is C17H21ClN2O. The second-order valence-corrected chi connectivity index (χ2v) is 5.78. The van der Waals surface area contributed by atoms with Crippen LogP contribution in [0.3, 0.4) is 0 Å². The van der Waals surface area contributed by atoms with E-state index in [0.717, 1.165) is 16.3 Å². The molecule has 2 aromatic carbocycles. The van der Waals surface area contributed by atoms with Crippen molar-refractivity contribution in [2.45, 2.75) is 32.9 Å². The molecule has 2 aromatic rings. The van der Waals surface area contributed by atoms with E-state index in [-0.39, 0.29) is 12.1 Å². The summed E-state index contributed by atoms with van der Waals surface area (Å²) >= 11 is 6.03. The Morgan fingerprint density at radius 3 is 2.52 bits per heavy atom. The van der Waals surface area contributed by atoms with Gasteiger partial charge >= 0.3 is 0 Å². The normalized spacial score (nSPS) is 12.2. The molecule has 1 atom stereocenters. The summed E-state index contributed by atoms with van der Waals surface area (Å²) < 4.78 is 5.71. The van der Waals surface area contributed by atoms with Crippen LogP contribution < -0.4 is 15.8 Å². The molecule has 21 heavy (non-hydrogen) atoms. The quantitative estimate of drug-likeness (QED) is 0.774. The van der Waals surface area contributed by atoms with Crippen LogP contribution in [0, 0.1) is 0 Å². The number of benzene rings is 2. The van der Waals surface area contributed by atoms with Gasteiger partial charge in [-0.3, -0.25) is 0 Å². The Hall–Kier alpha value is -1.87. The van der Waals surface area contributed by atoms with Gasteiger partial charge in [0.1, 0.15) is 5.75 Å². The average molecular weight is 305 g/mol. The van der Waals surface area contributed by atoms with Crippen molar-refractivity contribution in [2.75, 3.05) is 11.1 Å². The van der Waals surface area contributed by atoms with Crippen LogP contribution in [0.15, 0.2) is 42.5 Å². The molecule has 0 fully saturated rings. The van der Waals surface area contributed by atoms with Crippen LogP contribution in [-0.2, 0) is 0 Å². The Bertz CT molecular complexity index is 613. The van der Waals surface area contributed by atoms with Crippen molar-refractivity contribution in [3.8, 4) is 5.75 Å². The van der Waals surface area contributed by atoms with Crippen molar-refractivity contribution in [1.29, 1.82) is 0 Å². The van der Waals surface area contributed by atoms with Crippen molar-refractivity contribution in [3.05, 3.63) is 53.1 Å². The van der Waals surface area contributed by atoms with Gasteiger partial charge in [0.05, 0.1) is 11.8 Å². The summed E-state index contributed by atoms with van der Waals surface area (Å²) in [6.45, 7) is 6.05. The van der Waals surface area contributed by atoms with Crippen molar-refractivity contribution in [1.82, 2.24) is 0 Å². The molecule has 112 valence electrons. The van der Waals surface area contributed by atoms with Crippen molar-refractivity contribution >= 4 is 23.0 Å². The number of ether oxygens (including phenoxy) is 1. The van der Waals surface area contributed by atoms with Crippen molar-refractivity contribution < 1.29 is 4.74 Å². The molecule has 4 heteroatoms. The zero-order valence-electron chi connectivity index (χ0n) is 12.6. The molecule has 0 aliphatic carbocycles. The highest BCUT2D eigenvalue weighted by atomic mass is 35.5. The highest BCUT2D eigenvalue weighted by Gasteiger charge is 2.09. The third-order valence-electron chi connectivity index (χ3n) is 3.11. The summed E-state index contributed by atoms with van der Waals surface area (Å²) in [6.07, 6.45) is 0.0907. The highest BCUT2D eigenvalue weighted by molar-refractivity contribution is 6.30. The maximum absolute atomic E-state index is 6.03. The lowest BCUT2D eigenvalue weighted by molar-refractivity contribution is 0.244. The molecule has 0 aliphatic heterocycles. The van der Waals surface area contributed by atoms with Gasteiger partial charge in [-0.15, -0.1) is 0 Å². The molecule has 3 N–H and O–H groups in total. The summed E-state index contributed by atoms with van der Waals surface area (Å²) in [5.74, 6) is 0.702. The minimum absolute atomic E-state index is 0.0907. The molecule has 0 bridgehead atoms. The van der Waals surface area contributed by atoms with Crippen LogP contribution in [0.2, 0.25) is 5.02 Å². The summed E-state index contributed by atoms with van der Waals surface area (Å²) in [7, 11) is 0. The Kier molecular flexibility index (Phi) is 4.97. The highest BCUT2D eigenvalue weighted by Crippen LogP contribution is 2.29. The molecule has 0 spiro atoms. The van der Waals surface area contributed by atoms with Gasteiger partial charge < -0.3 is 15.8 Å². The van der Waals surface area contributed by atoms with E-state index in [0.29, 0.717) is 11.4 Å². The molecule has 0 aliphatic rings. The fraction of sp³-hybridized carbons (Fsp3) is 0.294. The van der Waals surface area contributed by atoms with Gasteiger partial charge in [-0.25, -0.2) is 0 Å². The second-order valence-electron chi connectivity index (χ2n) is 5.34. The number of halogens is 1. The summed E-state index contributed by atoms with van der Waals surface area (Å²) in [6, 6.07) is 13.7. The molecule has 3 nitrogen and oxygen atoms in total. The molecule has 1 unspecified atom stereocenters. The van der Waals surface area contributed by atoms with Crippen LogP contribution in [-0.4, -0.2) is 6.10 Å².